The van der Waals surface area contributed by atoms with Crippen LogP contribution in [0.4, 0.5) is 5.69 Å². The van der Waals surface area contributed by atoms with E-state index in [1.807, 2.05) is 38.1 Å². The Balaban J connectivity index is 1.45. The predicted octanol–water partition coefficient (Wildman–Crippen LogP) is 3.07. The highest BCUT2D eigenvalue weighted by molar-refractivity contribution is 5.92. The van der Waals surface area contributed by atoms with Crippen LogP contribution in [0.15, 0.2) is 42.5 Å². The van der Waals surface area contributed by atoms with Gasteiger partial charge in [-0.1, -0.05) is 18.2 Å². The molecule has 0 saturated carbocycles. The van der Waals surface area contributed by atoms with E-state index < -0.39 is 0 Å². The zero-order valence-corrected chi connectivity index (χ0v) is 16.5. The van der Waals surface area contributed by atoms with Crippen LogP contribution in [0.3, 0.4) is 0 Å². The third-order valence-electron chi connectivity index (χ3n) is 4.88. The molecule has 0 radical (unpaired) electrons. The summed E-state index contributed by atoms with van der Waals surface area (Å²) in [4.78, 5) is 17.0. The Bertz CT molecular complexity index is 763. The van der Waals surface area contributed by atoms with Gasteiger partial charge in [-0.25, -0.2) is 0 Å². The van der Waals surface area contributed by atoms with Crippen molar-refractivity contribution < 1.29 is 9.53 Å². The number of nitrogens with one attached hydrogen (secondary N) is 1. The zero-order chi connectivity index (χ0) is 19.2. The lowest BCUT2D eigenvalue weighted by Crippen LogP contribution is -2.48. The van der Waals surface area contributed by atoms with Crippen molar-refractivity contribution in [1.82, 2.24) is 9.80 Å². The highest BCUT2D eigenvalue weighted by Gasteiger charge is 2.19. The summed E-state index contributed by atoms with van der Waals surface area (Å²) in [5.74, 6) is 0.954. The maximum absolute atomic E-state index is 12.4. The molecule has 1 heterocycles. The molecule has 0 aliphatic carbocycles. The van der Waals surface area contributed by atoms with E-state index in [0.717, 1.165) is 55.3 Å². The molecule has 1 N–H and O–H groups in total. The van der Waals surface area contributed by atoms with Gasteiger partial charge in [0.15, 0.2) is 0 Å². The Morgan fingerprint density at radius 2 is 1.67 bits per heavy atom. The summed E-state index contributed by atoms with van der Waals surface area (Å²) in [6.07, 6.45) is 0. The Morgan fingerprint density at radius 3 is 2.33 bits per heavy atom. The molecule has 1 amide bonds. The molecule has 0 atom stereocenters. The van der Waals surface area contributed by atoms with Crippen LogP contribution in [0, 0.1) is 13.8 Å². The fraction of sp³-hybridized carbons (Fsp3) is 0.409. The largest absolute Gasteiger partial charge is 0.497 e. The number of amides is 1. The third kappa shape index (κ3) is 5.81. The van der Waals surface area contributed by atoms with Crippen molar-refractivity contribution in [2.45, 2.75) is 20.4 Å². The van der Waals surface area contributed by atoms with Crippen molar-refractivity contribution in [3.63, 3.8) is 0 Å². The summed E-state index contributed by atoms with van der Waals surface area (Å²) in [7, 11) is 1.70. The second-order valence-corrected chi connectivity index (χ2v) is 7.33. The van der Waals surface area contributed by atoms with Gasteiger partial charge in [0, 0.05) is 38.4 Å². The van der Waals surface area contributed by atoms with Crippen LogP contribution in [0.5, 0.6) is 5.75 Å². The van der Waals surface area contributed by atoms with Gasteiger partial charge in [-0.3, -0.25) is 14.6 Å². The SMILES string of the molecule is COc1cccc(CN2CCN(CC(=O)Nc3cc(C)cc(C)c3)CC2)c1. The minimum atomic E-state index is 0.0567. The molecule has 144 valence electrons. The van der Waals surface area contributed by atoms with Gasteiger partial charge in [0.2, 0.25) is 5.91 Å². The van der Waals surface area contributed by atoms with Gasteiger partial charge in [-0.05, 0) is 54.8 Å². The summed E-state index contributed by atoms with van der Waals surface area (Å²) in [5.41, 5.74) is 4.47. The van der Waals surface area contributed by atoms with Crippen molar-refractivity contribution in [1.29, 1.82) is 0 Å². The number of hydrogen-bond donors (Lipinski definition) is 1. The summed E-state index contributed by atoms with van der Waals surface area (Å²) >= 11 is 0. The molecule has 2 aromatic carbocycles. The number of piperazine rings is 1. The molecule has 0 aromatic heterocycles. The van der Waals surface area contributed by atoms with E-state index in [1.54, 1.807) is 7.11 Å². The van der Waals surface area contributed by atoms with E-state index in [1.165, 1.54) is 5.56 Å². The molecule has 2 aromatic rings. The predicted molar refractivity (Wildman–Crippen MR) is 109 cm³/mol. The maximum Gasteiger partial charge on any atom is 0.238 e. The smallest absolute Gasteiger partial charge is 0.238 e. The second-order valence-electron chi connectivity index (χ2n) is 7.33. The van der Waals surface area contributed by atoms with Crippen molar-refractivity contribution in [2.75, 3.05) is 45.2 Å². The quantitative estimate of drug-likeness (QED) is 0.852. The Hall–Kier alpha value is -2.37. The van der Waals surface area contributed by atoms with Gasteiger partial charge in [-0.15, -0.1) is 0 Å². The Kier molecular flexibility index (Phi) is 6.48. The standard InChI is InChI=1S/C22H29N3O2/c1-17-11-18(2)13-20(12-17)23-22(26)16-25-9-7-24(8-10-25)15-19-5-4-6-21(14-19)27-3/h4-6,11-14H,7-10,15-16H2,1-3H3,(H,23,26). The molecule has 3 rings (SSSR count). The number of aryl methyl sites for hydroxylation is 2. The average Bonchev–Trinajstić information content (AvgIpc) is 2.62. The Labute approximate surface area is 161 Å². The number of nitrogens with zero attached hydrogens (tertiary/aromatic N) is 2. The van der Waals surface area contributed by atoms with Crippen LogP contribution in [0.25, 0.3) is 0 Å². The van der Waals surface area contributed by atoms with Crippen LogP contribution in [0.2, 0.25) is 0 Å². The van der Waals surface area contributed by atoms with E-state index in [0.29, 0.717) is 6.54 Å². The van der Waals surface area contributed by atoms with Gasteiger partial charge in [0.25, 0.3) is 0 Å². The van der Waals surface area contributed by atoms with Crippen molar-refractivity contribution in [2.24, 2.45) is 0 Å². The molecule has 1 saturated heterocycles. The first-order chi connectivity index (χ1) is 13.0. The molecular formula is C22H29N3O2. The second kappa shape index (κ2) is 9.02. The first-order valence-electron chi connectivity index (χ1n) is 9.47. The lowest BCUT2D eigenvalue weighted by molar-refractivity contribution is -0.117. The number of carbonyl (C=O) groups is 1. The van der Waals surface area contributed by atoms with Crippen molar-refractivity contribution in [3.05, 3.63) is 59.2 Å². The molecule has 1 fully saturated rings. The van der Waals surface area contributed by atoms with E-state index in [4.69, 9.17) is 4.74 Å². The molecule has 27 heavy (non-hydrogen) atoms. The van der Waals surface area contributed by atoms with Crippen LogP contribution >= 0.6 is 0 Å². The monoisotopic (exact) mass is 367 g/mol. The number of methoxy groups -OCH3 is 1. The van der Waals surface area contributed by atoms with Crippen LogP contribution in [-0.4, -0.2) is 55.5 Å². The molecule has 5 nitrogen and oxygen atoms in total. The van der Waals surface area contributed by atoms with Gasteiger partial charge in [0.05, 0.1) is 13.7 Å². The van der Waals surface area contributed by atoms with E-state index in [9.17, 15) is 4.79 Å². The minimum Gasteiger partial charge on any atom is -0.497 e. The highest BCUT2D eigenvalue weighted by atomic mass is 16.5. The molecule has 5 heteroatoms. The lowest BCUT2D eigenvalue weighted by Gasteiger charge is -2.34. The van der Waals surface area contributed by atoms with E-state index >= 15 is 0 Å². The van der Waals surface area contributed by atoms with Crippen LogP contribution in [-0.2, 0) is 11.3 Å². The summed E-state index contributed by atoms with van der Waals surface area (Å²) in [5, 5.41) is 3.03. The zero-order valence-electron chi connectivity index (χ0n) is 16.5. The van der Waals surface area contributed by atoms with Crippen LogP contribution in [0.1, 0.15) is 16.7 Å². The summed E-state index contributed by atoms with van der Waals surface area (Å²) in [6.45, 7) is 9.20. The number of benzene rings is 2. The van der Waals surface area contributed by atoms with Crippen LogP contribution < -0.4 is 10.1 Å². The number of carbonyl (C=O) groups excluding carboxylic acids is 1. The highest BCUT2D eigenvalue weighted by Crippen LogP contribution is 2.16. The van der Waals surface area contributed by atoms with E-state index in [2.05, 4.69) is 33.3 Å². The minimum absolute atomic E-state index is 0.0567. The average molecular weight is 367 g/mol. The van der Waals surface area contributed by atoms with Gasteiger partial charge >= 0.3 is 0 Å². The number of hydrogen-bond acceptors (Lipinski definition) is 4. The first-order valence-corrected chi connectivity index (χ1v) is 9.47. The normalized spacial score (nSPS) is 15.5. The van der Waals surface area contributed by atoms with E-state index in [-0.39, 0.29) is 5.91 Å². The molecule has 0 unspecified atom stereocenters. The molecular weight excluding hydrogens is 338 g/mol. The molecule has 0 bridgehead atoms. The molecule has 0 spiro atoms. The van der Waals surface area contributed by atoms with Crippen molar-refractivity contribution >= 4 is 11.6 Å². The van der Waals surface area contributed by atoms with Crippen molar-refractivity contribution in [3.8, 4) is 5.75 Å². The number of anilines is 1. The molecule has 1 aliphatic rings. The van der Waals surface area contributed by atoms with Gasteiger partial charge in [-0.2, -0.15) is 0 Å². The lowest BCUT2D eigenvalue weighted by atomic mass is 10.1. The number of ether oxygens (including phenoxy) is 1. The van der Waals surface area contributed by atoms with Gasteiger partial charge < -0.3 is 10.1 Å². The summed E-state index contributed by atoms with van der Waals surface area (Å²) in [6, 6.07) is 14.3. The number of rotatable bonds is 6. The Morgan fingerprint density at radius 1 is 1.00 bits per heavy atom. The topological polar surface area (TPSA) is 44.8 Å². The maximum atomic E-state index is 12.4. The summed E-state index contributed by atoms with van der Waals surface area (Å²) < 4.78 is 5.30. The fourth-order valence-electron chi connectivity index (χ4n) is 3.58. The molecule has 1 aliphatic heterocycles. The first kappa shape index (κ1) is 19.4. The fourth-order valence-corrected chi connectivity index (χ4v) is 3.58. The van der Waals surface area contributed by atoms with Gasteiger partial charge in [0.1, 0.15) is 5.75 Å². The third-order valence-corrected chi connectivity index (χ3v) is 4.88.